The van der Waals surface area contributed by atoms with E-state index in [1.54, 1.807) is 0 Å². The maximum absolute atomic E-state index is 10.2. The van der Waals surface area contributed by atoms with Crippen molar-refractivity contribution in [2.24, 2.45) is 0 Å². The molecule has 0 radical (unpaired) electrons. The zero-order chi connectivity index (χ0) is 5.98. The third-order valence-electron chi connectivity index (χ3n) is 1.03. The zero-order valence-corrected chi connectivity index (χ0v) is 7.54. The van der Waals surface area contributed by atoms with Crippen LogP contribution in [0.25, 0.3) is 0 Å². The Hall–Kier alpha value is -0.180. The molecule has 0 aromatic carbocycles. The van der Waals surface area contributed by atoms with Gasteiger partial charge in [0.25, 0.3) is 0 Å². The number of allylic oxidation sites excluding steroid dienone is 2. The van der Waals surface area contributed by atoms with Crippen molar-refractivity contribution in [1.82, 2.24) is 0 Å². The Bertz CT molecular complexity index is 148. The van der Waals surface area contributed by atoms with E-state index in [2.05, 4.69) is 0 Å². The first-order valence-corrected chi connectivity index (χ1v) is 7.84. The second-order valence-electron chi connectivity index (χ2n) is 1.63. The molecular weight excluding hydrogens is 207 g/mol. The Balaban J connectivity index is 2.62. The molecule has 0 aromatic heterocycles. The molecule has 1 aliphatic rings. The van der Waals surface area contributed by atoms with Crippen molar-refractivity contribution in [3.8, 4) is 0 Å². The number of carboxylic acid groups (broad SMARTS) is 1. The number of hydrogen-bond acceptors (Lipinski definition) is 1. The standard InChI is InChI=1S/C4H4.CHO2.In/c1-3-4-2;2-1-3;/h1-4H;(H,2,3);. The Labute approximate surface area is 55.0 Å². The molecule has 0 aliphatic carbocycles. The fourth-order valence-corrected chi connectivity index (χ4v) is 4.00. The van der Waals surface area contributed by atoms with Crippen molar-refractivity contribution in [3.05, 3.63) is 19.8 Å². The van der Waals surface area contributed by atoms with E-state index >= 15 is 0 Å². The predicted octanol–water partition coefficient (Wildman–Crippen LogP) is 0.945. The van der Waals surface area contributed by atoms with E-state index < -0.39 is 25.2 Å². The fourth-order valence-electron chi connectivity index (χ4n) is 0.596. The van der Waals surface area contributed by atoms with Crippen molar-refractivity contribution in [2.75, 3.05) is 0 Å². The van der Waals surface area contributed by atoms with E-state index in [-0.39, 0.29) is 0 Å². The average molecular weight is 212 g/mol. The Kier molecular flexibility index (Phi) is 1.78. The molecule has 8 heavy (non-hydrogen) atoms. The summed E-state index contributed by atoms with van der Waals surface area (Å²) >= 11 is -2.22. The van der Waals surface area contributed by atoms with Gasteiger partial charge in [-0.05, 0) is 0 Å². The Morgan fingerprint density at radius 2 is 1.88 bits per heavy atom. The van der Waals surface area contributed by atoms with Crippen LogP contribution in [-0.4, -0.2) is 30.3 Å². The van der Waals surface area contributed by atoms with Gasteiger partial charge < -0.3 is 0 Å². The van der Waals surface area contributed by atoms with E-state index in [1.165, 1.54) is 0 Å². The normalized spacial score (nSPS) is 15.2. The van der Waals surface area contributed by atoms with E-state index in [0.717, 1.165) is 0 Å². The molecule has 0 atom stereocenters. The minimum absolute atomic E-state index is 0.572. The monoisotopic (exact) mass is 212 g/mol. The van der Waals surface area contributed by atoms with Gasteiger partial charge in [0.05, 0.1) is 0 Å². The first kappa shape index (κ1) is 5.95. The van der Waals surface area contributed by atoms with Crippen LogP contribution in [0.5, 0.6) is 0 Å². The van der Waals surface area contributed by atoms with Crippen LogP contribution in [-0.2, 0) is 0 Å². The summed E-state index contributed by atoms with van der Waals surface area (Å²) in [4.78, 5) is 10.2. The number of rotatable bonds is 1. The molecule has 0 bridgehead atoms. The number of carbonyl (C=O) groups is 1. The summed E-state index contributed by atoms with van der Waals surface area (Å²) in [5.74, 6) is 0. The molecule has 40 valence electrons. The maximum atomic E-state index is 10.2. The van der Waals surface area contributed by atoms with Gasteiger partial charge in [-0.25, -0.2) is 0 Å². The van der Waals surface area contributed by atoms with Gasteiger partial charge in [-0.3, -0.25) is 0 Å². The van der Waals surface area contributed by atoms with Crippen LogP contribution in [0.3, 0.4) is 0 Å². The van der Waals surface area contributed by atoms with Crippen LogP contribution in [0, 0.1) is 0 Å². The topological polar surface area (TPSA) is 37.3 Å². The first-order chi connectivity index (χ1) is 3.80. The van der Waals surface area contributed by atoms with Crippen molar-refractivity contribution in [2.45, 2.75) is 0 Å². The third kappa shape index (κ3) is 1.16. The summed E-state index contributed by atoms with van der Waals surface area (Å²) in [7, 11) is 0. The van der Waals surface area contributed by atoms with Crippen LogP contribution in [0.1, 0.15) is 0 Å². The summed E-state index contributed by atoms with van der Waals surface area (Å²) in [5.41, 5.74) is 0. The van der Waals surface area contributed by atoms with E-state index in [9.17, 15) is 4.79 Å². The second kappa shape index (κ2) is 2.40. The average Bonchev–Trinajstić information content (AvgIpc) is 2.12. The van der Waals surface area contributed by atoms with Crippen LogP contribution in [0.15, 0.2) is 19.8 Å². The molecule has 1 rings (SSSR count). The van der Waals surface area contributed by atoms with Crippen molar-refractivity contribution in [1.29, 1.82) is 0 Å². The third-order valence-corrected chi connectivity index (χ3v) is 6.30. The number of hydrogen-bond donors (Lipinski definition) is 1. The van der Waals surface area contributed by atoms with E-state index in [1.807, 2.05) is 19.8 Å². The summed E-state index contributed by atoms with van der Waals surface area (Å²) < 4.78 is 3.13. The molecule has 0 saturated heterocycles. The van der Waals surface area contributed by atoms with Gasteiger partial charge in [0.15, 0.2) is 0 Å². The fraction of sp³-hybridized carbons (Fsp3) is 0. The quantitative estimate of drug-likeness (QED) is 0.702. The van der Waals surface area contributed by atoms with Gasteiger partial charge in [0, 0.05) is 0 Å². The molecule has 0 aromatic rings. The van der Waals surface area contributed by atoms with Gasteiger partial charge in [-0.1, -0.05) is 0 Å². The SMILES string of the molecule is O=[C](O)[In]1[CH]=CC=[CH]1. The summed E-state index contributed by atoms with van der Waals surface area (Å²) in [6, 6.07) is 0. The molecule has 2 nitrogen and oxygen atoms in total. The van der Waals surface area contributed by atoms with Crippen molar-refractivity contribution < 1.29 is 9.90 Å². The summed E-state index contributed by atoms with van der Waals surface area (Å²) in [6.07, 6.45) is 3.66. The first-order valence-electron chi connectivity index (χ1n) is 2.38. The molecule has 0 fully saturated rings. The van der Waals surface area contributed by atoms with Crippen LogP contribution in [0.2, 0.25) is 0 Å². The van der Waals surface area contributed by atoms with E-state index in [4.69, 9.17) is 5.11 Å². The summed E-state index contributed by atoms with van der Waals surface area (Å²) in [5, 5.41) is 8.40. The molecule has 0 saturated carbocycles. The molecule has 0 unspecified atom stereocenters. The predicted molar refractivity (Wildman–Crippen MR) is 32.1 cm³/mol. The molecule has 1 N–H and O–H groups in total. The van der Waals surface area contributed by atoms with Gasteiger partial charge in [0.2, 0.25) is 0 Å². The molecule has 0 amide bonds. The van der Waals surface area contributed by atoms with Gasteiger partial charge >= 0.3 is 54.9 Å². The zero-order valence-electron chi connectivity index (χ0n) is 4.24. The van der Waals surface area contributed by atoms with Crippen LogP contribution in [0.4, 0.5) is 4.79 Å². The molecular formula is C5H5InO2. The van der Waals surface area contributed by atoms with Gasteiger partial charge in [0.1, 0.15) is 0 Å². The van der Waals surface area contributed by atoms with E-state index in [0.29, 0.717) is 0 Å². The second-order valence-corrected chi connectivity index (χ2v) is 8.24. The van der Waals surface area contributed by atoms with Crippen molar-refractivity contribution >= 4 is 25.2 Å². The van der Waals surface area contributed by atoms with Crippen molar-refractivity contribution in [3.63, 3.8) is 0 Å². The van der Waals surface area contributed by atoms with Gasteiger partial charge in [-0.2, -0.15) is 0 Å². The molecule has 0 spiro atoms. The Morgan fingerprint density at radius 3 is 2.12 bits per heavy atom. The molecule has 1 heterocycles. The molecule has 1 aliphatic heterocycles. The van der Waals surface area contributed by atoms with Crippen LogP contribution >= 0.6 is 0 Å². The van der Waals surface area contributed by atoms with Crippen LogP contribution < -0.4 is 0 Å². The Morgan fingerprint density at radius 1 is 1.38 bits per heavy atom. The summed E-state index contributed by atoms with van der Waals surface area (Å²) in [6.45, 7) is 0. The van der Waals surface area contributed by atoms with Gasteiger partial charge in [-0.15, -0.1) is 0 Å². The molecule has 3 heteroatoms. The minimum atomic E-state index is -2.22.